The smallest absolute Gasteiger partial charge is 0.416 e. The molecule has 1 aliphatic rings. The molecule has 30 heavy (non-hydrogen) atoms. The van der Waals surface area contributed by atoms with Crippen molar-refractivity contribution in [1.82, 2.24) is 0 Å². The topological polar surface area (TPSA) is 38.7 Å². The van der Waals surface area contributed by atoms with Crippen LogP contribution in [0.15, 0.2) is 60.2 Å². The zero-order chi connectivity index (χ0) is 22.6. The van der Waals surface area contributed by atoms with E-state index in [1.165, 1.54) is 18.2 Å². The fourth-order valence-corrected chi connectivity index (χ4v) is 2.93. The van der Waals surface area contributed by atoms with E-state index < -0.39 is 46.7 Å². The number of esters is 1. The Hall–Kier alpha value is -2.84. The number of halogens is 6. The maximum atomic E-state index is 13.1. The van der Waals surface area contributed by atoms with Crippen molar-refractivity contribution >= 4 is 12.2 Å². The molecule has 1 aliphatic carbocycles. The highest BCUT2D eigenvalue weighted by molar-refractivity contribution is 5.81. The van der Waals surface area contributed by atoms with Gasteiger partial charge in [0.15, 0.2) is 0 Å². The minimum absolute atomic E-state index is 0.0370. The first-order valence-corrected chi connectivity index (χ1v) is 8.94. The average Bonchev–Trinajstić information content (AvgIpc) is 2.65. The predicted octanol–water partition coefficient (Wildman–Crippen LogP) is 6.11. The van der Waals surface area contributed by atoms with Crippen LogP contribution in [0.25, 0.3) is 0 Å². The van der Waals surface area contributed by atoms with E-state index >= 15 is 0 Å². The van der Waals surface area contributed by atoms with Crippen molar-refractivity contribution in [2.24, 2.45) is 10.9 Å². The van der Waals surface area contributed by atoms with E-state index in [-0.39, 0.29) is 12.5 Å². The Bertz CT molecular complexity index is 850. The van der Waals surface area contributed by atoms with Crippen molar-refractivity contribution < 1.29 is 35.9 Å². The molecule has 0 saturated carbocycles. The van der Waals surface area contributed by atoms with Crippen LogP contribution in [0.4, 0.5) is 26.3 Å². The number of allylic oxidation sites excluding steroid dienone is 2. The monoisotopic (exact) mass is 431 g/mol. The summed E-state index contributed by atoms with van der Waals surface area (Å²) in [4.78, 5) is 16.2. The van der Waals surface area contributed by atoms with Crippen molar-refractivity contribution in [1.29, 1.82) is 0 Å². The molecule has 162 valence electrons. The molecule has 0 saturated heterocycles. The van der Waals surface area contributed by atoms with Gasteiger partial charge in [0, 0.05) is 12.1 Å². The fourth-order valence-electron chi connectivity index (χ4n) is 2.93. The number of nitrogens with zero attached hydrogens (tertiary/aromatic N) is 1. The summed E-state index contributed by atoms with van der Waals surface area (Å²) >= 11 is 0. The molecular formula is C21H19F6NO2. The van der Waals surface area contributed by atoms with Gasteiger partial charge < -0.3 is 4.74 Å². The second kappa shape index (κ2) is 8.89. The molecule has 0 aliphatic heterocycles. The molecule has 0 radical (unpaired) electrons. The number of rotatable bonds is 6. The molecule has 0 N–H and O–H groups in total. The molecule has 0 bridgehead atoms. The summed E-state index contributed by atoms with van der Waals surface area (Å²) in [5.74, 6) is -1.14. The van der Waals surface area contributed by atoms with Gasteiger partial charge in [-0.3, -0.25) is 4.79 Å². The second-order valence-electron chi connectivity index (χ2n) is 6.57. The number of alkyl halides is 6. The maximum Gasteiger partial charge on any atom is 0.416 e. The van der Waals surface area contributed by atoms with Crippen LogP contribution < -0.4 is 0 Å². The summed E-state index contributed by atoms with van der Waals surface area (Å²) in [6.07, 6.45) is -1.09. The third-order valence-electron chi connectivity index (χ3n) is 4.37. The summed E-state index contributed by atoms with van der Waals surface area (Å²) in [6, 6.07) is 1.15. The third-order valence-corrected chi connectivity index (χ3v) is 4.37. The van der Waals surface area contributed by atoms with Crippen LogP contribution in [0.5, 0.6) is 0 Å². The average molecular weight is 431 g/mol. The lowest BCUT2D eigenvalue weighted by Gasteiger charge is -2.34. The van der Waals surface area contributed by atoms with Gasteiger partial charge in [0.2, 0.25) is 5.72 Å². The molecule has 1 aromatic carbocycles. The molecule has 0 spiro atoms. The lowest BCUT2D eigenvalue weighted by molar-refractivity contribution is -0.156. The van der Waals surface area contributed by atoms with Gasteiger partial charge in [-0.15, -0.1) is 6.58 Å². The Labute approximate surface area is 169 Å². The SMILES string of the molecule is C=CCC(=O)OC1(N=Cc2cc(C(F)(F)F)cc(C(F)(F)F)c2)C=CC=CC1CC. The summed E-state index contributed by atoms with van der Waals surface area (Å²) in [6.45, 7) is 5.21. The minimum Gasteiger partial charge on any atom is -0.432 e. The van der Waals surface area contributed by atoms with E-state index in [0.717, 1.165) is 6.21 Å². The Morgan fingerprint density at radius 2 is 1.73 bits per heavy atom. The summed E-state index contributed by atoms with van der Waals surface area (Å²) in [7, 11) is 0. The molecule has 2 atom stereocenters. The Balaban J connectivity index is 2.53. The first kappa shape index (κ1) is 23.4. The molecular weight excluding hydrogens is 412 g/mol. The number of ether oxygens (including phenoxy) is 1. The van der Waals surface area contributed by atoms with Crippen LogP contribution >= 0.6 is 0 Å². The lowest BCUT2D eigenvalue weighted by Crippen LogP contribution is -2.39. The molecule has 3 nitrogen and oxygen atoms in total. The zero-order valence-corrected chi connectivity index (χ0v) is 15.9. The number of hydrogen-bond acceptors (Lipinski definition) is 3. The summed E-state index contributed by atoms with van der Waals surface area (Å²) in [5.41, 5.74) is -4.92. The zero-order valence-electron chi connectivity index (χ0n) is 15.9. The predicted molar refractivity (Wildman–Crippen MR) is 99.7 cm³/mol. The van der Waals surface area contributed by atoms with E-state index in [0.29, 0.717) is 18.6 Å². The van der Waals surface area contributed by atoms with Gasteiger partial charge in [-0.25, -0.2) is 4.99 Å². The van der Waals surface area contributed by atoms with Gasteiger partial charge in [-0.05, 0) is 36.3 Å². The number of carbonyl (C=O) groups excluding carboxylic acids is 1. The van der Waals surface area contributed by atoms with E-state index in [1.807, 2.05) is 0 Å². The number of hydrogen-bond donors (Lipinski definition) is 0. The van der Waals surface area contributed by atoms with Crippen LogP contribution in [0, 0.1) is 5.92 Å². The Morgan fingerprint density at radius 3 is 2.23 bits per heavy atom. The molecule has 0 heterocycles. The summed E-state index contributed by atoms with van der Waals surface area (Å²) < 4.78 is 83.9. The van der Waals surface area contributed by atoms with Gasteiger partial charge in [0.1, 0.15) is 0 Å². The third kappa shape index (κ3) is 5.61. The van der Waals surface area contributed by atoms with Gasteiger partial charge in [0.25, 0.3) is 0 Å². The summed E-state index contributed by atoms with van der Waals surface area (Å²) in [5, 5.41) is 0. The molecule has 0 amide bonds. The molecule has 0 aromatic heterocycles. The normalized spacial score (nSPS) is 21.8. The molecule has 2 rings (SSSR count). The molecule has 2 unspecified atom stereocenters. The van der Waals surface area contributed by atoms with Crippen molar-refractivity contribution in [2.45, 2.75) is 37.8 Å². The van der Waals surface area contributed by atoms with Crippen LogP contribution in [0.2, 0.25) is 0 Å². The minimum atomic E-state index is -4.97. The van der Waals surface area contributed by atoms with Gasteiger partial charge in [-0.2, -0.15) is 26.3 Å². The van der Waals surface area contributed by atoms with Crippen LogP contribution in [0.3, 0.4) is 0 Å². The molecule has 0 fully saturated rings. The van der Waals surface area contributed by atoms with E-state index in [4.69, 9.17) is 4.74 Å². The van der Waals surface area contributed by atoms with Crippen LogP contribution in [-0.2, 0) is 21.9 Å². The quantitative estimate of drug-likeness (QED) is 0.236. The standard InChI is InChI=1S/C21H19F6NO2/c1-3-7-18(29)30-19(9-6-5-8-15(19)4-2)28-13-14-10-16(20(22,23)24)12-17(11-14)21(25,26)27/h3,5-6,8-13,15H,1,4,7H2,2H3. The van der Waals surface area contributed by atoms with Crippen molar-refractivity contribution in [3.63, 3.8) is 0 Å². The highest BCUT2D eigenvalue weighted by atomic mass is 19.4. The van der Waals surface area contributed by atoms with E-state index in [1.54, 1.807) is 19.1 Å². The first-order chi connectivity index (χ1) is 13.9. The number of aliphatic imine (C=N–C) groups is 1. The van der Waals surface area contributed by atoms with Crippen molar-refractivity contribution in [3.05, 3.63) is 71.8 Å². The number of benzene rings is 1. The Kier molecular flexibility index (Phi) is 6.95. The number of carbonyl (C=O) groups is 1. The van der Waals surface area contributed by atoms with Crippen LogP contribution in [0.1, 0.15) is 36.5 Å². The largest absolute Gasteiger partial charge is 0.432 e. The molecule has 1 aromatic rings. The van der Waals surface area contributed by atoms with Gasteiger partial charge in [0.05, 0.1) is 17.5 Å². The van der Waals surface area contributed by atoms with E-state index in [9.17, 15) is 31.1 Å². The fraction of sp³-hybridized carbons (Fsp3) is 0.333. The first-order valence-electron chi connectivity index (χ1n) is 8.94. The van der Waals surface area contributed by atoms with E-state index in [2.05, 4.69) is 11.6 Å². The second-order valence-corrected chi connectivity index (χ2v) is 6.57. The highest BCUT2D eigenvalue weighted by Gasteiger charge is 2.39. The van der Waals surface area contributed by atoms with Gasteiger partial charge in [-0.1, -0.05) is 31.2 Å². The molecule has 9 heteroatoms. The maximum absolute atomic E-state index is 13.1. The van der Waals surface area contributed by atoms with Crippen molar-refractivity contribution in [2.75, 3.05) is 0 Å². The lowest BCUT2D eigenvalue weighted by atomic mass is 9.89. The Morgan fingerprint density at radius 1 is 1.13 bits per heavy atom. The van der Waals surface area contributed by atoms with Crippen LogP contribution in [-0.4, -0.2) is 17.9 Å². The highest BCUT2D eigenvalue weighted by Crippen LogP contribution is 2.37. The van der Waals surface area contributed by atoms with Gasteiger partial charge >= 0.3 is 18.3 Å². The van der Waals surface area contributed by atoms with Crippen molar-refractivity contribution in [3.8, 4) is 0 Å².